The van der Waals surface area contributed by atoms with Crippen LogP contribution in [0.2, 0.25) is 0 Å². The summed E-state index contributed by atoms with van der Waals surface area (Å²) in [4.78, 5) is 25.5. The quantitative estimate of drug-likeness (QED) is 0.737. The Bertz CT molecular complexity index is 678. The fourth-order valence-corrected chi connectivity index (χ4v) is 2.41. The van der Waals surface area contributed by atoms with Gasteiger partial charge in [0, 0.05) is 18.3 Å². The topological polar surface area (TPSA) is 88.9 Å². The molecule has 0 unspecified atom stereocenters. The number of esters is 1. The summed E-state index contributed by atoms with van der Waals surface area (Å²) in [6.45, 7) is 0.827. The van der Waals surface area contributed by atoms with E-state index in [-0.39, 0.29) is 37.4 Å². The summed E-state index contributed by atoms with van der Waals surface area (Å²) in [6.07, 6.45) is 1.83. The van der Waals surface area contributed by atoms with Crippen LogP contribution in [0.1, 0.15) is 19.3 Å². The number of nitrogens with zero attached hydrogens (tertiary/aromatic N) is 2. The van der Waals surface area contributed by atoms with E-state index in [1.54, 1.807) is 18.2 Å². The Morgan fingerprint density at radius 2 is 2.00 bits per heavy atom. The van der Waals surface area contributed by atoms with Crippen LogP contribution >= 0.6 is 0 Å². The zero-order chi connectivity index (χ0) is 16.9. The van der Waals surface area contributed by atoms with E-state index in [4.69, 9.17) is 19.5 Å². The van der Waals surface area contributed by atoms with Gasteiger partial charge in [-0.2, -0.15) is 5.26 Å². The maximum Gasteiger partial charge on any atom is 0.309 e. The van der Waals surface area contributed by atoms with Crippen molar-refractivity contribution in [2.45, 2.75) is 19.3 Å². The molecule has 24 heavy (non-hydrogen) atoms. The van der Waals surface area contributed by atoms with Crippen LogP contribution in [-0.2, 0) is 14.3 Å². The van der Waals surface area contributed by atoms with Gasteiger partial charge in [0.2, 0.25) is 0 Å². The minimum atomic E-state index is -0.365. The van der Waals surface area contributed by atoms with Crippen molar-refractivity contribution in [2.24, 2.45) is 5.92 Å². The van der Waals surface area contributed by atoms with Gasteiger partial charge in [0.1, 0.15) is 13.2 Å². The molecule has 1 aromatic carbocycles. The molecule has 1 aliphatic heterocycles. The van der Waals surface area contributed by atoms with E-state index in [1.165, 1.54) is 4.90 Å². The van der Waals surface area contributed by atoms with E-state index in [1.807, 2.05) is 6.07 Å². The molecule has 0 radical (unpaired) electrons. The molecule has 1 amide bonds. The molecule has 0 bridgehead atoms. The first-order chi connectivity index (χ1) is 11.7. The molecule has 2 aliphatic rings. The summed E-state index contributed by atoms with van der Waals surface area (Å²) in [7, 11) is 0. The molecule has 7 heteroatoms. The molecule has 126 valence electrons. The van der Waals surface area contributed by atoms with Gasteiger partial charge in [-0.05, 0) is 25.0 Å². The highest BCUT2D eigenvalue weighted by Gasteiger charge is 2.32. The van der Waals surface area contributed by atoms with Crippen LogP contribution in [0, 0.1) is 17.2 Å². The van der Waals surface area contributed by atoms with Crippen LogP contribution in [0.25, 0.3) is 0 Å². The minimum Gasteiger partial charge on any atom is -0.486 e. The average Bonchev–Trinajstić information content (AvgIpc) is 3.45. The Morgan fingerprint density at radius 3 is 2.71 bits per heavy atom. The lowest BCUT2D eigenvalue weighted by atomic mass is 10.2. The molecular weight excluding hydrogens is 312 g/mol. The van der Waals surface area contributed by atoms with E-state index in [0.717, 1.165) is 12.8 Å². The van der Waals surface area contributed by atoms with Crippen molar-refractivity contribution in [3.05, 3.63) is 18.2 Å². The van der Waals surface area contributed by atoms with Crippen LogP contribution < -0.4 is 14.4 Å². The summed E-state index contributed by atoms with van der Waals surface area (Å²) < 4.78 is 16.0. The number of fused-ring (bicyclic) bond motifs is 1. The molecule has 0 spiro atoms. The second-order valence-electron chi connectivity index (χ2n) is 5.66. The normalized spacial score (nSPS) is 15.3. The first-order valence-corrected chi connectivity index (χ1v) is 7.92. The van der Waals surface area contributed by atoms with Crippen molar-refractivity contribution in [3.8, 4) is 17.6 Å². The van der Waals surface area contributed by atoms with Crippen LogP contribution in [0.5, 0.6) is 11.5 Å². The fourth-order valence-electron chi connectivity index (χ4n) is 2.41. The van der Waals surface area contributed by atoms with Crippen LogP contribution in [0.15, 0.2) is 18.2 Å². The van der Waals surface area contributed by atoms with E-state index < -0.39 is 0 Å². The van der Waals surface area contributed by atoms with Crippen LogP contribution in [-0.4, -0.2) is 38.2 Å². The summed E-state index contributed by atoms with van der Waals surface area (Å²) in [5, 5.41) is 8.82. The molecule has 1 aromatic rings. The minimum absolute atomic E-state index is 0.0559. The third-order valence-corrected chi connectivity index (χ3v) is 3.83. The molecular formula is C17H18N2O5. The van der Waals surface area contributed by atoms with Crippen LogP contribution in [0.4, 0.5) is 5.69 Å². The van der Waals surface area contributed by atoms with E-state index in [2.05, 4.69) is 0 Å². The van der Waals surface area contributed by atoms with Gasteiger partial charge in [-0.15, -0.1) is 0 Å². The van der Waals surface area contributed by atoms with Crippen molar-refractivity contribution in [3.63, 3.8) is 0 Å². The molecule has 3 rings (SSSR count). The summed E-state index contributed by atoms with van der Waals surface area (Å²) in [5.41, 5.74) is 0.585. The molecule has 1 fully saturated rings. The highest BCUT2D eigenvalue weighted by atomic mass is 16.6. The monoisotopic (exact) mass is 330 g/mol. The van der Waals surface area contributed by atoms with Gasteiger partial charge < -0.3 is 19.1 Å². The number of benzene rings is 1. The van der Waals surface area contributed by atoms with E-state index in [9.17, 15) is 9.59 Å². The predicted octanol–water partition coefficient (Wildman–Crippen LogP) is 1.66. The zero-order valence-electron chi connectivity index (χ0n) is 13.2. The largest absolute Gasteiger partial charge is 0.486 e. The average molecular weight is 330 g/mol. The maximum absolute atomic E-state index is 12.4. The third-order valence-electron chi connectivity index (χ3n) is 3.83. The van der Waals surface area contributed by atoms with Gasteiger partial charge in [0.05, 0.1) is 18.4 Å². The smallest absolute Gasteiger partial charge is 0.309 e. The lowest BCUT2D eigenvalue weighted by molar-refractivity contribution is -0.149. The van der Waals surface area contributed by atoms with Crippen molar-refractivity contribution in [1.29, 1.82) is 5.26 Å². The molecule has 1 heterocycles. The van der Waals surface area contributed by atoms with E-state index in [0.29, 0.717) is 30.4 Å². The number of hydrogen-bond donors (Lipinski definition) is 0. The molecule has 0 N–H and O–H groups in total. The summed E-state index contributed by atoms with van der Waals surface area (Å²) >= 11 is 0. The number of rotatable bonds is 6. The second kappa shape index (κ2) is 7.21. The van der Waals surface area contributed by atoms with Crippen molar-refractivity contribution in [1.82, 2.24) is 0 Å². The molecule has 7 nitrogen and oxygen atoms in total. The summed E-state index contributed by atoms with van der Waals surface area (Å²) in [5.74, 6) is 0.433. The standard InChI is InChI=1S/C17H18N2O5/c18-6-1-7-19(16(20)11-24-17(21)12-2-3-12)13-4-5-14-15(10-13)23-9-8-22-14/h4-5,10,12H,1-3,7-9,11H2. The highest BCUT2D eigenvalue weighted by Crippen LogP contribution is 2.34. The van der Waals surface area contributed by atoms with Gasteiger partial charge in [-0.1, -0.05) is 0 Å². The SMILES string of the molecule is N#CCCN(C(=O)COC(=O)C1CC1)c1ccc2c(c1)OCCO2. The lowest BCUT2D eigenvalue weighted by Gasteiger charge is -2.24. The number of carbonyl (C=O) groups excluding carboxylic acids is 2. The molecule has 0 atom stereocenters. The third kappa shape index (κ3) is 3.77. The Balaban J connectivity index is 1.71. The summed E-state index contributed by atoms with van der Waals surface area (Å²) in [6, 6.07) is 7.18. The van der Waals surface area contributed by atoms with Gasteiger partial charge in [-0.3, -0.25) is 9.59 Å². The van der Waals surface area contributed by atoms with Gasteiger partial charge in [0.25, 0.3) is 5.91 Å². The number of amides is 1. The number of ether oxygens (including phenoxy) is 3. The van der Waals surface area contributed by atoms with Crippen LogP contribution in [0.3, 0.4) is 0 Å². The van der Waals surface area contributed by atoms with Crippen molar-refractivity contribution < 1.29 is 23.8 Å². The van der Waals surface area contributed by atoms with E-state index >= 15 is 0 Å². The van der Waals surface area contributed by atoms with Gasteiger partial charge in [-0.25, -0.2) is 0 Å². The molecule has 1 saturated carbocycles. The van der Waals surface area contributed by atoms with Crippen molar-refractivity contribution >= 4 is 17.6 Å². The number of anilines is 1. The van der Waals surface area contributed by atoms with Gasteiger partial charge >= 0.3 is 5.97 Å². The Kier molecular flexibility index (Phi) is 4.85. The Hall–Kier alpha value is -2.75. The second-order valence-corrected chi connectivity index (χ2v) is 5.66. The number of nitriles is 1. The molecule has 0 saturated heterocycles. The predicted molar refractivity (Wildman–Crippen MR) is 83.7 cm³/mol. The number of carbonyl (C=O) groups is 2. The fraction of sp³-hybridized carbons (Fsp3) is 0.471. The van der Waals surface area contributed by atoms with Gasteiger partial charge in [0.15, 0.2) is 18.1 Å². The first-order valence-electron chi connectivity index (χ1n) is 7.92. The lowest BCUT2D eigenvalue weighted by Crippen LogP contribution is -2.35. The Labute approximate surface area is 139 Å². The maximum atomic E-state index is 12.4. The number of hydrogen-bond acceptors (Lipinski definition) is 6. The zero-order valence-corrected chi connectivity index (χ0v) is 13.2. The van der Waals surface area contributed by atoms with Crippen molar-refractivity contribution in [2.75, 3.05) is 31.3 Å². The molecule has 0 aromatic heterocycles. The highest BCUT2D eigenvalue weighted by molar-refractivity contribution is 5.95. The molecule has 1 aliphatic carbocycles. The first kappa shape index (κ1) is 16.1. The Morgan fingerprint density at radius 1 is 1.25 bits per heavy atom.